The van der Waals surface area contributed by atoms with E-state index in [0.29, 0.717) is 11.1 Å². The van der Waals surface area contributed by atoms with E-state index < -0.39 is 30.1 Å². The molecule has 7 nitrogen and oxygen atoms in total. The largest absolute Gasteiger partial charge is 0.447 e. The highest BCUT2D eigenvalue weighted by molar-refractivity contribution is 5.93. The lowest BCUT2D eigenvalue weighted by Crippen LogP contribution is -2.38. The van der Waals surface area contributed by atoms with E-state index in [1.165, 1.54) is 0 Å². The zero-order chi connectivity index (χ0) is 19.8. The van der Waals surface area contributed by atoms with Crippen molar-refractivity contribution in [2.75, 3.05) is 0 Å². The molecule has 0 aromatic heterocycles. The summed E-state index contributed by atoms with van der Waals surface area (Å²) in [6, 6.07) is 14.6. The van der Waals surface area contributed by atoms with Crippen molar-refractivity contribution in [3.05, 3.63) is 71.8 Å². The first-order valence-corrected chi connectivity index (χ1v) is 8.46. The summed E-state index contributed by atoms with van der Waals surface area (Å²) in [7, 11) is 0. The van der Waals surface area contributed by atoms with Crippen LogP contribution >= 0.6 is 0 Å². The molecule has 2 unspecified atom stereocenters. The lowest BCUT2D eigenvalue weighted by atomic mass is 10.1. The molecule has 0 fully saturated rings. The van der Waals surface area contributed by atoms with Crippen molar-refractivity contribution in [3.63, 3.8) is 0 Å². The molecular weight excluding hydrogens is 348 g/mol. The molecule has 2 aromatic carbocycles. The SMILES string of the molecule is CC(C)OC(=O)NC(C(=O)OC(=O)C(N)c1ccccc1)c1ccccc1. The van der Waals surface area contributed by atoms with Gasteiger partial charge in [-0.3, -0.25) is 0 Å². The minimum absolute atomic E-state index is 0.370. The Morgan fingerprint density at radius 2 is 1.37 bits per heavy atom. The van der Waals surface area contributed by atoms with E-state index in [4.69, 9.17) is 15.2 Å². The number of alkyl carbamates (subject to hydrolysis) is 1. The van der Waals surface area contributed by atoms with Gasteiger partial charge < -0.3 is 20.5 Å². The zero-order valence-electron chi connectivity index (χ0n) is 15.1. The number of hydrogen-bond acceptors (Lipinski definition) is 6. The number of carbonyl (C=O) groups is 3. The van der Waals surface area contributed by atoms with Crippen molar-refractivity contribution in [2.24, 2.45) is 5.73 Å². The number of nitrogens with one attached hydrogen (secondary N) is 1. The number of carbonyl (C=O) groups excluding carboxylic acids is 3. The summed E-state index contributed by atoms with van der Waals surface area (Å²) in [4.78, 5) is 36.7. The van der Waals surface area contributed by atoms with Crippen LogP contribution in [0.15, 0.2) is 60.7 Å². The standard InChI is InChI=1S/C20H22N2O5/c1-13(2)26-20(25)22-17(15-11-7-4-8-12-15)19(24)27-18(23)16(21)14-9-5-3-6-10-14/h3-13,16-17H,21H2,1-2H3,(H,22,25). The van der Waals surface area contributed by atoms with Gasteiger partial charge in [0.15, 0.2) is 6.04 Å². The maximum atomic E-state index is 12.5. The average Bonchev–Trinajstić information content (AvgIpc) is 2.66. The first kappa shape index (κ1) is 20.1. The third kappa shape index (κ3) is 5.93. The van der Waals surface area contributed by atoms with Crippen LogP contribution in [-0.2, 0) is 19.1 Å². The van der Waals surface area contributed by atoms with Crippen LogP contribution in [0, 0.1) is 0 Å². The smallest absolute Gasteiger partial charge is 0.408 e. The van der Waals surface area contributed by atoms with Crippen molar-refractivity contribution in [1.82, 2.24) is 5.32 Å². The fourth-order valence-electron chi connectivity index (χ4n) is 2.31. The molecule has 27 heavy (non-hydrogen) atoms. The number of amides is 1. The third-order valence-electron chi connectivity index (χ3n) is 3.59. The number of esters is 2. The predicted octanol–water partition coefficient (Wildman–Crippen LogP) is 2.63. The highest BCUT2D eigenvalue weighted by Gasteiger charge is 2.29. The van der Waals surface area contributed by atoms with Crippen LogP contribution in [0.4, 0.5) is 4.79 Å². The van der Waals surface area contributed by atoms with Gasteiger partial charge in [-0.15, -0.1) is 0 Å². The maximum absolute atomic E-state index is 12.5. The fourth-order valence-corrected chi connectivity index (χ4v) is 2.31. The molecule has 0 radical (unpaired) electrons. The average molecular weight is 370 g/mol. The van der Waals surface area contributed by atoms with E-state index >= 15 is 0 Å². The molecule has 2 atom stereocenters. The Morgan fingerprint density at radius 1 is 0.852 bits per heavy atom. The van der Waals surface area contributed by atoms with Gasteiger partial charge in [-0.1, -0.05) is 60.7 Å². The van der Waals surface area contributed by atoms with Gasteiger partial charge in [0.2, 0.25) is 0 Å². The minimum atomic E-state index is -1.20. The monoisotopic (exact) mass is 370 g/mol. The van der Waals surface area contributed by atoms with Crippen LogP contribution < -0.4 is 11.1 Å². The quantitative estimate of drug-likeness (QED) is 0.598. The second kappa shape index (κ2) is 9.49. The molecule has 3 N–H and O–H groups in total. The molecule has 1 amide bonds. The van der Waals surface area contributed by atoms with Gasteiger partial charge in [0.05, 0.1) is 6.10 Å². The number of nitrogens with two attached hydrogens (primary N) is 1. The summed E-state index contributed by atoms with van der Waals surface area (Å²) in [5, 5.41) is 2.42. The van der Waals surface area contributed by atoms with Gasteiger partial charge in [0.1, 0.15) is 6.04 Å². The van der Waals surface area contributed by atoms with Crippen molar-refractivity contribution >= 4 is 18.0 Å². The van der Waals surface area contributed by atoms with Gasteiger partial charge in [-0.2, -0.15) is 0 Å². The number of ether oxygens (including phenoxy) is 2. The van der Waals surface area contributed by atoms with E-state index in [2.05, 4.69) is 5.32 Å². The molecule has 0 spiro atoms. The second-order valence-corrected chi connectivity index (χ2v) is 6.07. The zero-order valence-corrected chi connectivity index (χ0v) is 15.1. The summed E-state index contributed by atoms with van der Waals surface area (Å²) in [6.07, 6.45) is -1.17. The molecule has 0 aliphatic carbocycles. The van der Waals surface area contributed by atoms with Crippen molar-refractivity contribution in [1.29, 1.82) is 0 Å². The Balaban J connectivity index is 2.13. The van der Waals surface area contributed by atoms with Gasteiger partial charge in [-0.25, -0.2) is 14.4 Å². The molecule has 0 saturated carbocycles. The lowest BCUT2D eigenvalue weighted by Gasteiger charge is -2.19. The van der Waals surface area contributed by atoms with Crippen molar-refractivity contribution < 1.29 is 23.9 Å². The van der Waals surface area contributed by atoms with E-state index in [0.717, 1.165) is 0 Å². The Hall–Kier alpha value is -3.19. The highest BCUT2D eigenvalue weighted by Crippen LogP contribution is 2.17. The predicted molar refractivity (Wildman–Crippen MR) is 98.4 cm³/mol. The lowest BCUT2D eigenvalue weighted by molar-refractivity contribution is -0.162. The normalized spacial score (nSPS) is 12.7. The topological polar surface area (TPSA) is 108 Å². The molecule has 0 bridgehead atoms. The number of rotatable bonds is 6. The summed E-state index contributed by atoms with van der Waals surface area (Å²) < 4.78 is 9.92. The second-order valence-electron chi connectivity index (χ2n) is 6.07. The van der Waals surface area contributed by atoms with Gasteiger partial charge in [0, 0.05) is 0 Å². The van der Waals surface area contributed by atoms with E-state index in [9.17, 15) is 14.4 Å². The van der Waals surface area contributed by atoms with Gasteiger partial charge in [-0.05, 0) is 25.0 Å². The summed E-state index contributed by atoms with van der Waals surface area (Å²) >= 11 is 0. The maximum Gasteiger partial charge on any atom is 0.408 e. The van der Waals surface area contributed by atoms with E-state index in [1.807, 2.05) is 0 Å². The molecule has 2 rings (SSSR count). The van der Waals surface area contributed by atoms with Crippen molar-refractivity contribution in [3.8, 4) is 0 Å². The number of benzene rings is 2. The molecular formula is C20H22N2O5. The Kier molecular flexibility index (Phi) is 7.08. The summed E-state index contributed by atoms with van der Waals surface area (Å²) in [5.74, 6) is -1.86. The molecule has 7 heteroatoms. The van der Waals surface area contributed by atoms with Gasteiger partial charge >= 0.3 is 18.0 Å². The van der Waals surface area contributed by atoms with Crippen molar-refractivity contribution in [2.45, 2.75) is 32.0 Å². The molecule has 2 aromatic rings. The fraction of sp³-hybridized carbons (Fsp3) is 0.250. The van der Waals surface area contributed by atoms with Crippen LogP contribution in [0.5, 0.6) is 0 Å². The Morgan fingerprint density at radius 3 is 1.89 bits per heavy atom. The van der Waals surface area contributed by atoms with Crippen LogP contribution in [0.2, 0.25) is 0 Å². The molecule has 0 saturated heterocycles. The van der Waals surface area contributed by atoms with Crippen LogP contribution in [0.3, 0.4) is 0 Å². The third-order valence-corrected chi connectivity index (χ3v) is 3.59. The van der Waals surface area contributed by atoms with E-state index in [1.54, 1.807) is 74.5 Å². The van der Waals surface area contributed by atoms with Crippen LogP contribution in [-0.4, -0.2) is 24.1 Å². The van der Waals surface area contributed by atoms with E-state index in [-0.39, 0.29) is 6.10 Å². The molecule has 0 aliphatic heterocycles. The number of hydrogen-bond donors (Lipinski definition) is 2. The first-order valence-electron chi connectivity index (χ1n) is 8.46. The molecule has 0 heterocycles. The molecule has 0 aliphatic rings. The summed E-state index contributed by atoms with van der Waals surface area (Å²) in [6.45, 7) is 3.36. The Bertz CT molecular complexity index is 777. The Labute approximate surface area is 157 Å². The van der Waals surface area contributed by atoms with Gasteiger partial charge in [0.25, 0.3) is 0 Å². The van der Waals surface area contributed by atoms with Crippen LogP contribution in [0.1, 0.15) is 37.1 Å². The minimum Gasteiger partial charge on any atom is -0.447 e. The van der Waals surface area contributed by atoms with Crippen LogP contribution in [0.25, 0.3) is 0 Å². The summed E-state index contributed by atoms with van der Waals surface area (Å²) in [5.41, 5.74) is 6.82. The molecule has 142 valence electrons. The first-order chi connectivity index (χ1) is 12.9. The highest BCUT2D eigenvalue weighted by atomic mass is 16.6.